The van der Waals surface area contributed by atoms with E-state index in [4.69, 9.17) is 15.0 Å². The summed E-state index contributed by atoms with van der Waals surface area (Å²) in [7, 11) is -3.44. The average Bonchev–Trinajstić information content (AvgIpc) is 2.49. The van der Waals surface area contributed by atoms with Crippen LogP contribution in [0.4, 0.5) is 0 Å². The molecule has 27 heavy (non-hydrogen) atoms. The van der Waals surface area contributed by atoms with Gasteiger partial charge in [-0.1, -0.05) is 41.2 Å². The maximum absolute atomic E-state index is 12.1. The Labute approximate surface area is 170 Å². The zero-order chi connectivity index (χ0) is 19.7. The second-order valence-corrected chi connectivity index (χ2v) is 16.8. The third kappa shape index (κ3) is 14.0. The Hall–Kier alpha value is -0.676. The van der Waals surface area contributed by atoms with Crippen LogP contribution in [0.3, 0.4) is 0 Å². The van der Waals surface area contributed by atoms with Gasteiger partial charge in [0.05, 0.1) is 18.4 Å². The quantitative estimate of drug-likeness (QED) is 0.312. The smallest absolute Gasteiger partial charge is 0.269 e. The molecule has 0 aliphatic carbocycles. The second kappa shape index (κ2) is 14.3. The van der Waals surface area contributed by atoms with Crippen LogP contribution in [0.1, 0.15) is 41.0 Å². The molecule has 0 aromatic rings. The summed E-state index contributed by atoms with van der Waals surface area (Å²) in [5, 5.41) is 18.6. The van der Waals surface area contributed by atoms with E-state index in [9.17, 15) is 9.90 Å². The van der Waals surface area contributed by atoms with E-state index < -0.39 is 22.7 Å². The van der Waals surface area contributed by atoms with E-state index in [1.807, 2.05) is 0 Å². The molecule has 0 saturated heterocycles. The van der Waals surface area contributed by atoms with Crippen LogP contribution in [0.2, 0.25) is 38.3 Å². The normalized spacial score (nSPS) is 12.6. The molecule has 0 aromatic heterocycles. The molecular formula is C19H46N2O4Si2. The maximum atomic E-state index is 12.1. The highest BCUT2D eigenvalue weighted by molar-refractivity contribution is 6.84. The van der Waals surface area contributed by atoms with E-state index >= 15 is 0 Å². The molecule has 0 aromatic carbocycles. The van der Waals surface area contributed by atoms with Crippen LogP contribution in [0.5, 0.6) is 0 Å². The monoisotopic (exact) mass is 422 g/mol. The molecule has 0 aliphatic heterocycles. The minimum atomic E-state index is -1.81. The Morgan fingerprint density at radius 1 is 1.15 bits per heavy atom. The lowest BCUT2D eigenvalue weighted by atomic mass is 10.3. The van der Waals surface area contributed by atoms with E-state index in [0.29, 0.717) is 6.54 Å². The molecule has 0 aliphatic rings. The first-order chi connectivity index (χ1) is 11.4. The van der Waals surface area contributed by atoms with Crippen molar-refractivity contribution in [2.24, 2.45) is 5.73 Å². The van der Waals surface area contributed by atoms with E-state index in [2.05, 4.69) is 39.7 Å². The summed E-state index contributed by atoms with van der Waals surface area (Å²) in [6.07, 6.45) is 2.22. The van der Waals surface area contributed by atoms with Crippen LogP contribution in [0.25, 0.3) is 0 Å². The highest BCUT2D eigenvalue weighted by atomic mass is 28.4. The molecule has 0 fully saturated rings. The van der Waals surface area contributed by atoms with Gasteiger partial charge in [0, 0.05) is 13.1 Å². The summed E-state index contributed by atoms with van der Waals surface area (Å²) in [6.45, 7) is 14.8. The molecule has 0 spiro atoms. The van der Waals surface area contributed by atoms with Crippen LogP contribution in [0.15, 0.2) is 12.3 Å². The summed E-state index contributed by atoms with van der Waals surface area (Å²) in [5.41, 5.74) is 5.45. The Bertz CT molecular complexity index is 432. The molecule has 0 rings (SSSR count). The van der Waals surface area contributed by atoms with Crippen molar-refractivity contribution < 1.29 is 19.1 Å². The molecule has 6 nitrogen and oxygen atoms in total. The fourth-order valence-electron chi connectivity index (χ4n) is 2.94. The van der Waals surface area contributed by atoms with Crippen molar-refractivity contribution in [1.29, 1.82) is 0 Å². The van der Waals surface area contributed by atoms with E-state index in [0.717, 1.165) is 12.5 Å². The topological polar surface area (TPSA) is 96.0 Å². The Balaban J connectivity index is -0.00000288. The van der Waals surface area contributed by atoms with Gasteiger partial charge in [0.2, 0.25) is 0 Å². The number of unbranched alkanes of at least 4 members (excludes halogenated alkanes) is 1. The van der Waals surface area contributed by atoms with Gasteiger partial charge in [-0.15, -0.1) is 0 Å². The van der Waals surface area contributed by atoms with Crippen molar-refractivity contribution in [2.45, 2.75) is 85.4 Å². The largest absolute Gasteiger partial charge is 0.455 e. The number of nitrogens with zero attached hydrogens (tertiary/aromatic N) is 1. The zero-order valence-corrected chi connectivity index (χ0v) is 18.7. The minimum absolute atomic E-state index is 0. The summed E-state index contributed by atoms with van der Waals surface area (Å²) in [4.78, 5) is 13.6. The lowest BCUT2D eigenvalue weighted by Crippen LogP contribution is -2.45. The van der Waals surface area contributed by atoms with E-state index in [1.54, 1.807) is 0 Å². The van der Waals surface area contributed by atoms with Crippen molar-refractivity contribution >= 4 is 22.5 Å². The first kappa shape index (κ1) is 31.0. The summed E-state index contributed by atoms with van der Waals surface area (Å²) < 4.78 is 6.56. The highest BCUT2D eigenvalue weighted by Gasteiger charge is 2.32. The Kier molecular flexibility index (Phi) is 16.5. The maximum Gasteiger partial charge on any atom is 0.269 e. The van der Waals surface area contributed by atoms with Crippen LogP contribution < -0.4 is 5.73 Å². The molecule has 8 heteroatoms. The Morgan fingerprint density at radius 2 is 1.63 bits per heavy atom. The van der Waals surface area contributed by atoms with Gasteiger partial charge in [-0.2, -0.15) is 0 Å². The summed E-state index contributed by atoms with van der Waals surface area (Å²) in [6, 6.07) is 2.12. The fourth-order valence-corrected chi connectivity index (χ4v) is 12.0. The van der Waals surface area contributed by atoms with Crippen LogP contribution in [-0.2, 0) is 8.91 Å². The fraction of sp³-hybridized carbons (Fsp3) is 0.842. The lowest BCUT2D eigenvalue weighted by Gasteiger charge is -2.34. The standard InChI is InChI=1S/C17H38N2O4Si2.2CH4/c1-7-8-11-24(3,4)23-25(5,6)12-9-10-19(13-16(21)14-20)17(22)15(2)18;;/h16,20-21H,2,7-14,18H2,1,3-6H3;2*1H4. The molecule has 0 heterocycles. The first-order valence-corrected chi connectivity index (χ1v) is 15.4. The minimum Gasteiger partial charge on any atom is -0.455 e. The highest BCUT2D eigenvalue weighted by Crippen LogP contribution is 2.24. The number of rotatable bonds is 13. The first-order valence-electron chi connectivity index (χ1n) is 9.17. The van der Waals surface area contributed by atoms with Crippen molar-refractivity contribution in [2.75, 3.05) is 19.7 Å². The van der Waals surface area contributed by atoms with Crippen molar-refractivity contribution in [3.63, 3.8) is 0 Å². The van der Waals surface area contributed by atoms with Crippen LogP contribution in [0, 0.1) is 0 Å². The lowest BCUT2D eigenvalue weighted by molar-refractivity contribution is -0.129. The SMILES string of the molecule is C.C.C=C(N)C(=O)N(CCC[Si](C)(C)O[Si](C)(C)CCCC)CC(O)CO. The van der Waals surface area contributed by atoms with E-state index in [-0.39, 0.29) is 39.6 Å². The molecule has 1 atom stereocenters. The number of amides is 1. The van der Waals surface area contributed by atoms with Crippen molar-refractivity contribution in [3.8, 4) is 0 Å². The van der Waals surface area contributed by atoms with Gasteiger partial charge in [0.1, 0.15) is 0 Å². The third-order valence-electron chi connectivity index (χ3n) is 4.10. The average molecular weight is 423 g/mol. The number of carbonyl (C=O) groups excluding carboxylic acids is 1. The molecule has 4 N–H and O–H groups in total. The number of aliphatic hydroxyl groups excluding tert-OH is 2. The van der Waals surface area contributed by atoms with Gasteiger partial charge in [-0.05, 0) is 44.7 Å². The summed E-state index contributed by atoms with van der Waals surface area (Å²) >= 11 is 0. The zero-order valence-electron chi connectivity index (χ0n) is 16.7. The number of nitrogens with two attached hydrogens (primary N) is 1. The molecule has 1 amide bonds. The third-order valence-corrected chi connectivity index (χ3v) is 11.6. The number of hydrogen-bond acceptors (Lipinski definition) is 5. The second-order valence-electron chi connectivity index (χ2n) is 7.94. The van der Waals surface area contributed by atoms with Gasteiger partial charge in [-0.3, -0.25) is 4.79 Å². The molecular weight excluding hydrogens is 376 g/mol. The number of aliphatic hydroxyl groups is 2. The van der Waals surface area contributed by atoms with Crippen LogP contribution in [-0.4, -0.2) is 63.5 Å². The van der Waals surface area contributed by atoms with Crippen molar-refractivity contribution in [1.82, 2.24) is 4.90 Å². The molecule has 0 saturated carbocycles. The predicted octanol–water partition coefficient (Wildman–Crippen LogP) is 3.53. The van der Waals surface area contributed by atoms with Gasteiger partial charge >= 0.3 is 0 Å². The van der Waals surface area contributed by atoms with E-state index in [1.165, 1.54) is 23.8 Å². The van der Waals surface area contributed by atoms with Gasteiger partial charge < -0.3 is 25.0 Å². The number of hydrogen-bond donors (Lipinski definition) is 3. The van der Waals surface area contributed by atoms with Gasteiger partial charge in [0.15, 0.2) is 16.6 Å². The summed E-state index contributed by atoms with van der Waals surface area (Å²) in [5.74, 6) is -0.384. The Morgan fingerprint density at radius 3 is 2.04 bits per heavy atom. The molecule has 164 valence electrons. The molecule has 0 radical (unpaired) electrons. The van der Waals surface area contributed by atoms with Gasteiger partial charge in [0.25, 0.3) is 5.91 Å². The molecule has 1 unspecified atom stereocenters. The van der Waals surface area contributed by atoms with Gasteiger partial charge in [-0.25, -0.2) is 0 Å². The number of carbonyl (C=O) groups is 1. The molecule has 0 bridgehead atoms. The van der Waals surface area contributed by atoms with Crippen molar-refractivity contribution in [3.05, 3.63) is 12.3 Å². The van der Waals surface area contributed by atoms with Crippen LogP contribution >= 0.6 is 0 Å². The predicted molar refractivity (Wildman–Crippen MR) is 122 cm³/mol.